The highest BCUT2D eigenvalue weighted by molar-refractivity contribution is 4.94. The van der Waals surface area contributed by atoms with Crippen LogP contribution in [-0.4, -0.2) is 30.6 Å². The first kappa shape index (κ1) is 18.0. The molecule has 0 spiro atoms. The van der Waals surface area contributed by atoms with Crippen LogP contribution in [0.2, 0.25) is 0 Å². The molecule has 0 unspecified atom stereocenters. The summed E-state index contributed by atoms with van der Waals surface area (Å²) in [7, 11) is 2.31. The third-order valence-electron chi connectivity index (χ3n) is 5.65. The van der Waals surface area contributed by atoms with Gasteiger partial charge >= 0.3 is 0 Å². The smallest absolute Gasteiger partial charge is 0.0328 e. The Bertz CT molecular complexity index is 232. The van der Waals surface area contributed by atoms with Crippen molar-refractivity contribution in [2.45, 2.75) is 90.0 Å². The molecule has 1 rings (SSSR count). The van der Waals surface area contributed by atoms with Crippen molar-refractivity contribution < 1.29 is 0 Å². The van der Waals surface area contributed by atoms with Crippen LogP contribution in [0.4, 0.5) is 0 Å². The molecular formula is C18H38N2. The second-order valence-corrected chi connectivity index (χ2v) is 6.97. The number of unbranched alkanes of at least 4 members (excludes halogenated alkanes) is 5. The van der Waals surface area contributed by atoms with Gasteiger partial charge in [-0.1, -0.05) is 52.4 Å². The highest BCUT2D eigenvalue weighted by Gasteiger charge is 2.36. The van der Waals surface area contributed by atoms with Crippen LogP contribution in [0.15, 0.2) is 0 Å². The van der Waals surface area contributed by atoms with Crippen LogP contribution >= 0.6 is 0 Å². The van der Waals surface area contributed by atoms with Crippen molar-refractivity contribution in [3.05, 3.63) is 0 Å². The summed E-state index contributed by atoms with van der Waals surface area (Å²) >= 11 is 0. The molecule has 0 amide bonds. The first-order chi connectivity index (χ1) is 9.68. The SMILES string of the molecule is CCCCCCCCN(C)C1(CN)CCC(CC)CC1. The molecule has 0 aliphatic heterocycles. The van der Waals surface area contributed by atoms with Gasteiger partial charge in [0, 0.05) is 12.1 Å². The zero-order valence-electron chi connectivity index (χ0n) is 14.3. The Morgan fingerprint density at radius 2 is 1.60 bits per heavy atom. The zero-order valence-corrected chi connectivity index (χ0v) is 14.3. The van der Waals surface area contributed by atoms with Crippen LogP contribution in [0.1, 0.15) is 84.5 Å². The molecule has 0 heterocycles. The Kier molecular flexibility index (Phi) is 8.79. The molecular weight excluding hydrogens is 244 g/mol. The van der Waals surface area contributed by atoms with E-state index >= 15 is 0 Å². The Morgan fingerprint density at radius 1 is 1.00 bits per heavy atom. The van der Waals surface area contributed by atoms with Gasteiger partial charge in [0.05, 0.1) is 0 Å². The predicted molar refractivity (Wildman–Crippen MR) is 90.0 cm³/mol. The van der Waals surface area contributed by atoms with E-state index < -0.39 is 0 Å². The van der Waals surface area contributed by atoms with E-state index in [2.05, 4.69) is 25.8 Å². The van der Waals surface area contributed by atoms with Gasteiger partial charge in [0.1, 0.15) is 0 Å². The van der Waals surface area contributed by atoms with E-state index in [-0.39, 0.29) is 0 Å². The molecule has 0 saturated heterocycles. The van der Waals surface area contributed by atoms with Crippen LogP contribution in [-0.2, 0) is 0 Å². The zero-order chi connectivity index (χ0) is 14.8. The van der Waals surface area contributed by atoms with E-state index in [1.165, 1.54) is 77.2 Å². The van der Waals surface area contributed by atoms with Crippen molar-refractivity contribution in [3.63, 3.8) is 0 Å². The molecule has 0 aromatic rings. The van der Waals surface area contributed by atoms with E-state index in [1.54, 1.807) is 0 Å². The molecule has 0 atom stereocenters. The molecule has 0 aromatic heterocycles. The second kappa shape index (κ2) is 9.78. The van der Waals surface area contributed by atoms with Crippen molar-refractivity contribution in [3.8, 4) is 0 Å². The Hall–Kier alpha value is -0.0800. The lowest BCUT2D eigenvalue weighted by atomic mass is 9.74. The predicted octanol–water partition coefficient (Wildman–Crippen LogP) is 4.58. The minimum Gasteiger partial charge on any atom is -0.329 e. The molecule has 1 saturated carbocycles. The quantitative estimate of drug-likeness (QED) is 0.594. The first-order valence-corrected chi connectivity index (χ1v) is 9.09. The number of nitrogens with two attached hydrogens (primary N) is 1. The first-order valence-electron chi connectivity index (χ1n) is 9.09. The molecule has 1 aliphatic rings. The normalized spacial score (nSPS) is 27.1. The van der Waals surface area contributed by atoms with Gasteiger partial charge in [0.15, 0.2) is 0 Å². The summed E-state index contributed by atoms with van der Waals surface area (Å²) in [6, 6.07) is 0. The molecule has 0 aromatic carbocycles. The summed E-state index contributed by atoms with van der Waals surface area (Å²) in [5.41, 5.74) is 6.47. The van der Waals surface area contributed by atoms with Gasteiger partial charge in [0.2, 0.25) is 0 Å². The molecule has 0 radical (unpaired) electrons. The number of likely N-dealkylation sites (N-methyl/N-ethyl adjacent to an activating group) is 1. The van der Waals surface area contributed by atoms with Crippen molar-refractivity contribution in [2.75, 3.05) is 20.1 Å². The van der Waals surface area contributed by atoms with Gasteiger partial charge in [-0.25, -0.2) is 0 Å². The van der Waals surface area contributed by atoms with Gasteiger partial charge in [-0.15, -0.1) is 0 Å². The summed E-state index contributed by atoms with van der Waals surface area (Å²) in [4.78, 5) is 2.60. The van der Waals surface area contributed by atoms with E-state index in [0.717, 1.165) is 12.5 Å². The van der Waals surface area contributed by atoms with Gasteiger partial charge in [-0.05, 0) is 51.6 Å². The summed E-state index contributed by atoms with van der Waals surface area (Å²) in [6.07, 6.45) is 15.1. The molecule has 2 N–H and O–H groups in total. The monoisotopic (exact) mass is 282 g/mol. The molecule has 20 heavy (non-hydrogen) atoms. The fourth-order valence-corrected chi connectivity index (χ4v) is 3.73. The van der Waals surface area contributed by atoms with E-state index in [0.29, 0.717) is 5.54 Å². The van der Waals surface area contributed by atoms with Crippen LogP contribution in [0, 0.1) is 5.92 Å². The third kappa shape index (κ3) is 5.37. The van der Waals surface area contributed by atoms with Gasteiger partial charge in [-0.2, -0.15) is 0 Å². The number of rotatable bonds is 10. The second-order valence-electron chi connectivity index (χ2n) is 6.97. The Labute approximate surface area is 127 Å². The molecule has 1 aliphatic carbocycles. The van der Waals surface area contributed by atoms with Crippen LogP contribution in [0.5, 0.6) is 0 Å². The lowest BCUT2D eigenvalue weighted by Gasteiger charge is -2.46. The van der Waals surface area contributed by atoms with Crippen LogP contribution in [0.25, 0.3) is 0 Å². The van der Waals surface area contributed by atoms with Gasteiger partial charge in [0.25, 0.3) is 0 Å². The van der Waals surface area contributed by atoms with E-state index in [9.17, 15) is 0 Å². The van der Waals surface area contributed by atoms with Crippen molar-refractivity contribution in [2.24, 2.45) is 11.7 Å². The number of hydrogen-bond acceptors (Lipinski definition) is 2. The maximum absolute atomic E-state index is 6.15. The van der Waals surface area contributed by atoms with Crippen LogP contribution < -0.4 is 5.73 Å². The maximum atomic E-state index is 6.15. The van der Waals surface area contributed by atoms with Crippen molar-refractivity contribution in [1.29, 1.82) is 0 Å². The molecule has 120 valence electrons. The minimum atomic E-state index is 0.315. The number of nitrogens with zero attached hydrogens (tertiary/aromatic N) is 1. The van der Waals surface area contributed by atoms with Crippen LogP contribution in [0.3, 0.4) is 0 Å². The Balaban J connectivity index is 2.26. The average molecular weight is 283 g/mol. The minimum absolute atomic E-state index is 0.315. The highest BCUT2D eigenvalue weighted by atomic mass is 15.2. The topological polar surface area (TPSA) is 29.3 Å². The average Bonchev–Trinajstić information content (AvgIpc) is 2.50. The maximum Gasteiger partial charge on any atom is 0.0328 e. The third-order valence-corrected chi connectivity index (χ3v) is 5.65. The van der Waals surface area contributed by atoms with E-state index in [1.807, 2.05) is 0 Å². The summed E-state index contributed by atoms with van der Waals surface area (Å²) in [6.45, 7) is 6.70. The highest BCUT2D eigenvalue weighted by Crippen LogP contribution is 2.36. The summed E-state index contributed by atoms with van der Waals surface area (Å²) in [5.74, 6) is 0.956. The molecule has 2 heteroatoms. The summed E-state index contributed by atoms with van der Waals surface area (Å²) < 4.78 is 0. The fraction of sp³-hybridized carbons (Fsp3) is 1.00. The largest absolute Gasteiger partial charge is 0.329 e. The number of hydrogen-bond donors (Lipinski definition) is 1. The van der Waals surface area contributed by atoms with Gasteiger partial charge in [-0.3, -0.25) is 4.90 Å². The summed E-state index contributed by atoms with van der Waals surface area (Å²) in [5, 5.41) is 0. The van der Waals surface area contributed by atoms with Crippen molar-refractivity contribution in [1.82, 2.24) is 4.90 Å². The van der Waals surface area contributed by atoms with E-state index in [4.69, 9.17) is 5.73 Å². The standard InChI is InChI=1S/C18H38N2/c1-4-6-7-8-9-10-15-20(3)18(16-19)13-11-17(5-2)12-14-18/h17H,4-16,19H2,1-3H3. The molecule has 1 fully saturated rings. The molecule has 0 bridgehead atoms. The Morgan fingerprint density at radius 3 is 2.15 bits per heavy atom. The molecule has 2 nitrogen and oxygen atoms in total. The lowest BCUT2D eigenvalue weighted by Crippen LogP contribution is -2.54. The lowest BCUT2D eigenvalue weighted by molar-refractivity contribution is 0.0626. The fourth-order valence-electron chi connectivity index (χ4n) is 3.73. The van der Waals surface area contributed by atoms with Gasteiger partial charge < -0.3 is 5.73 Å². The van der Waals surface area contributed by atoms with Crippen molar-refractivity contribution >= 4 is 0 Å².